The highest BCUT2D eigenvalue weighted by Crippen LogP contribution is 2.30. The summed E-state index contributed by atoms with van der Waals surface area (Å²) in [5, 5.41) is 19.4. The van der Waals surface area contributed by atoms with Crippen molar-refractivity contribution in [1.29, 1.82) is 0 Å². The maximum Gasteiger partial charge on any atom is 0.308 e. The predicted molar refractivity (Wildman–Crippen MR) is 63.4 cm³/mol. The van der Waals surface area contributed by atoms with Crippen LogP contribution in [-0.2, 0) is 9.53 Å². The summed E-state index contributed by atoms with van der Waals surface area (Å²) in [5.74, 6) is -1.47. The summed E-state index contributed by atoms with van der Waals surface area (Å²) in [6.07, 6.45) is -3.38. The molecule has 0 aromatic heterocycles. The maximum absolute atomic E-state index is 13.2. The van der Waals surface area contributed by atoms with Crippen molar-refractivity contribution >= 4 is 23.3 Å². The Bertz CT molecular complexity index is 455. The van der Waals surface area contributed by atoms with Crippen LogP contribution in [0.15, 0.2) is 12.1 Å². The SMILES string of the molecule is COC(=O)CC(O)C(O)c1cc(F)c(N)cc1Cl. The van der Waals surface area contributed by atoms with E-state index in [-0.39, 0.29) is 16.3 Å². The fourth-order valence-corrected chi connectivity index (χ4v) is 1.66. The van der Waals surface area contributed by atoms with Crippen LogP contribution in [-0.4, -0.2) is 29.4 Å². The van der Waals surface area contributed by atoms with Crippen LogP contribution in [0, 0.1) is 5.82 Å². The number of nitrogen functional groups attached to an aromatic ring is 1. The smallest absolute Gasteiger partial charge is 0.308 e. The summed E-state index contributed by atoms with van der Waals surface area (Å²) in [5.41, 5.74) is 5.08. The molecular formula is C11H13ClFNO4. The molecule has 18 heavy (non-hydrogen) atoms. The first kappa shape index (κ1) is 14.7. The Balaban J connectivity index is 2.93. The van der Waals surface area contributed by atoms with Gasteiger partial charge in [0.1, 0.15) is 11.9 Å². The van der Waals surface area contributed by atoms with Gasteiger partial charge in [-0.2, -0.15) is 0 Å². The minimum atomic E-state index is -1.51. The Morgan fingerprint density at radius 3 is 2.72 bits per heavy atom. The van der Waals surface area contributed by atoms with Gasteiger partial charge in [-0.3, -0.25) is 4.79 Å². The first-order chi connectivity index (χ1) is 8.36. The molecule has 0 aliphatic rings. The van der Waals surface area contributed by atoms with E-state index >= 15 is 0 Å². The molecule has 0 aliphatic carbocycles. The maximum atomic E-state index is 13.2. The zero-order chi connectivity index (χ0) is 13.9. The third-order valence-electron chi connectivity index (χ3n) is 2.40. The van der Waals surface area contributed by atoms with Gasteiger partial charge in [-0.25, -0.2) is 4.39 Å². The van der Waals surface area contributed by atoms with Crippen molar-refractivity contribution in [3.63, 3.8) is 0 Å². The Kier molecular flexibility index (Phi) is 4.89. The number of carbonyl (C=O) groups excluding carboxylic acids is 1. The average Bonchev–Trinajstić information content (AvgIpc) is 2.32. The first-order valence-corrected chi connectivity index (χ1v) is 5.42. The quantitative estimate of drug-likeness (QED) is 0.564. The molecule has 1 aromatic rings. The summed E-state index contributed by atoms with van der Waals surface area (Å²) < 4.78 is 17.6. The van der Waals surface area contributed by atoms with Crippen LogP contribution in [0.25, 0.3) is 0 Å². The largest absolute Gasteiger partial charge is 0.469 e. The van der Waals surface area contributed by atoms with Gasteiger partial charge in [0, 0.05) is 10.6 Å². The molecule has 0 amide bonds. The summed E-state index contributed by atoms with van der Waals surface area (Å²) in [6.45, 7) is 0. The van der Waals surface area contributed by atoms with Crippen LogP contribution in [0.1, 0.15) is 18.1 Å². The normalized spacial score (nSPS) is 14.1. The van der Waals surface area contributed by atoms with Gasteiger partial charge in [0.25, 0.3) is 0 Å². The van der Waals surface area contributed by atoms with E-state index in [0.717, 1.165) is 19.2 Å². The van der Waals surface area contributed by atoms with Gasteiger partial charge in [-0.1, -0.05) is 11.6 Å². The fraction of sp³-hybridized carbons (Fsp3) is 0.364. The molecule has 0 heterocycles. The third kappa shape index (κ3) is 3.32. The van der Waals surface area contributed by atoms with Crippen LogP contribution in [0.5, 0.6) is 0 Å². The second kappa shape index (κ2) is 5.99. The number of carbonyl (C=O) groups is 1. The number of aliphatic hydroxyl groups excluding tert-OH is 2. The molecule has 0 bridgehead atoms. The van der Waals surface area contributed by atoms with Crippen molar-refractivity contribution in [2.24, 2.45) is 0 Å². The molecule has 5 nitrogen and oxygen atoms in total. The molecule has 100 valence electrons. The van der Waals surface area contributed by atoms with Gasteiger partial charge in [-0.05, 0) is 12.1 Å². The molecule has 4 N–H and O–H groups in total. The van der Waals surface area contributed by atoms with E-state index in [9.17, 15) is 19.4 Å². The Hall–Kier alpha value is -1.37. The number of esters is 1. The Morgan fingerprint density at radius 1 is 1.56 bits per heavy atom. The van der Waals surface area contributed by atoms with Crippen LogP contribution in [0.2, 0.25) is 5.02 Å². The second-order valence-corrected chi connectivity index (χ2v) is 4.09. The molecule has 0 saturated carbocycles. The van der Waals surface area contributed by atoms with Crippen molar-refractivity contribution in [3.8, 4) is 0 Å². The van der Waals surface area contributed by atoms with Gasteiger partial charge in [0.15, 0.2) is 0 Å². The Labute approximate surface area is 108 Å². The molecule has 2 unspecified atom stereocenters. The van der Waals surface area contributed by atoms with Crippen molar-refractivity contribution < 1.29 is 24.1 Å². The summed E-state index contributed by atoms with van der Waals surface area (Å²) >= 11 is 5.78. The number of hydrogen-bond acceptors (Lipinski definition) is 5. The number of halogens is 2. The highest BCUT2D eigenvalue weighted by Gasteiger charge is 2.24. The average molecular weight is 278 g/mol. The van der Waals surface area contributed by atoms with Gasteiger partial charge in [-0.15, -0.1) is 0 Å². The highest BCUT2D eigenvalue weighted by atomic mass is 35.5. The molecule has 0 radical (unpaired) electrons. The lowest BCUT2D eigenvalue weighted by atomic mass is 10.0. The van der Waals surface area contributed by atoms with E-state index in [4.69, 9.17) is 17.3 Å². The highest BCUT2D eigenvalue weighted by molar-refractivity contribution is 6.31. The Morgan fingerprint density at radius 2 is 2.17 bits per heavy atom. The minimum absolute atomic E-state index is 0.00492. The molecule has 7 heteroatoms. The second-order valence-electron chi connectivity index (χ2n) is 3.69. The van der Waals surface area contributed by atoms with Crippen molar-refractivity contribution in [2.45, 2.75) is 18.6 Å². The summed E-state index contributed by atoms with van der Waals surface area (Å²) in [4.78, 5) is 10.9. The first-order valence-electron chi connectivity index (χ1n) is 5.04. The zero-order valence-electron chi connectivity index (χ0n) is 9.56. The lowest BCUT2D eigenvalue weighted by Gasteiger charge is -2.18. The van der Waals surface area contributed by atoms with Crippen LogP contribution >= 0.6 is 11.6 Å². The number of nitrogens with two attached hydrogens (primary N) is 1. The number of aliphatic hydroxyl groups is 2. The number of methoxy groups -OCH3 is 1. The fourth-order valence-electron chi connectivity index (χ4n) is 1.38. The number of benzene rings is 1. The monoisotopic (exact) mass is 277 g/mol. The van der Waals surface area contributed by atoms with Crippen molar-refractivity contribution in [3.05, 3.63) is 28.5 Å². The standard InChI is InChI=1S/C11H13ClFNO4/c1-18-10(16)4-9(15)11(17)5-2-7(13)8(14)3-6(5)12/h2-3,9,11,15,17H,4,14H2,1H3. The van der Waals surface area contributed by atoms with Crippen LogP contribution in [0.3, 0.4) is 0 Å². The number of hydrogen-bond donors (Lipinski definition) is 3. The van der Waals surface area contributed by atoms with E-state index in [1.807, 2.05) is 0 Å². The van der Waals surface area contributed by atoms with Gasteiger partial charge >= 0.3 is 5.97 Å². The van der Waals surface area contributed by atoms with E-state index in [0.29, 0.717) is 0 Å². The molecule has 1 rings (SSSR count). The molecule has 0 fully saturated rings. The topological polar surface area (TPSA) is 92.8 Å². The summed E-state index contributed by atoms with van der Waals surface area (Å²) in [6, 6.07) is 2.04. The van der Waals surface area contributed by atoms with Gasteiger partial charge in [0.05, 0.1) is 25.3 Å². The molecule has 0 aliphatic heterocycles. The third-order valence-corrected chi connectivity index (χ3v) is 2.73. The number of ether oxygens (including phenoxy) is 1. The molecule has 2 atom stereocenters. The predicted octanol–water partition coefficient (Wildman–Crippen LogP) is 1.02. The number of anilines is 1. The number of rotatable bonds is 4. The minimum Gasteiger partial charge on any atom is -0.469 e. The van der Waals surface area contributed by atoms with Crippen LogP contribution < -0.4 is 5.73 Å². The molecule has 1 aromatic carbocycles. The van der Waals surface area contributed by atoms with E-state index in [1.54, 1.807) is 0 Å². The summed E-state index contributed by atoms with van der Waals surface area (Å²) in [7, 11) is 1.15. The van der Waals surface area contributed by atoms with Crippen LogP contribution in [0.4, 0.5) is 10.1 Å². The van der Waals surface area contributed by atoms with E-state index < -0.39 is 30.4 Å². The molecule has 0 spiro atoms. The lowest BCUT2D eigenvalue weighted by Crippen LogP contribution is -2.23. The molecular weight excluding hydrogens is 265 g/mol. The molecule has 0 saturated heterocycles. The van der Waals surface area contributed by atoms with E-state index in [2.05, 4.69) is 4.74 Å². The van der Waals surface area contributed by atoms with Crippen molar-refractivity contribution in [1.82, 2.24) is 0 Å². The van der Waals surface area contributed by atoms with Gasteiger partial charge in [0.2, 0.25) is 0 Å². The van der Waals surface area contributed by atoms with Gasteiger partial charge < -0.3 is 20.7 Å². The van der Waals surface area contributed by atoms with E-state index in [1.165, 1.54) is 0 Å². The lowest BCUT2D eigenvalue weighted by molar-refractivity contribution is -0.144. The zero-order valence-corrected chi connectivity index (χ0v) is 10.3. The van der Waals surface area contributed by atoms with Crippen molar-refractivity contribution in [2.75, 3.05) is 12.8 Å².